The van der Waals surface area contributed by atoms with E-state index in [4.69, 9.17) is 4.42 Å². The van der Waals surface area contributed by atoms with Crippen LogP contribution in [0.5, 0.6) is 0 Å². The zero-order valence-electron chi connectivity index (χ0n) is 6.90. The first-order chi connectivity index (χ1) is 6.43. The largest absolute Gasteiger partial charge is 0.431 e. The van der Waals surface area contributed by atoms with Crippen molar-refractivity contribution >= 4 is 0 Å². The van der Waals surface area contributed by atoms with Crippen LogP contribution in [-0.4, -0.2) is 14.8 Å². The Morgan fingerprint density at radius 3 is 3.23 bits per heavy atom. The molecular weight excluding hydrogens is 168 g/mol. The van der Waals surface area contributed by atoms with Crippen LogP contribution in [0.25, 0.3) is 6.01 Å². The fraction of sp³-hybridized carbons (Fsp3) is 0.250. The third-order valence-electron chi connectivity index (χ3n) is 2.10. The molecule has 3 heterocycles. The zero-order valence-corrected chi connectivity index (χ0v) is 6.90. The minimum Gasteiger partial charge on any atom is -0.431 e. The van der Waals surface area contributed by atoms with E-state index in [0.717, 1.165) is 18.8 Å². The lowest BCUT2D eigenvalue weighted by molar-refractivity contribution is 0.506. The van der Waals surface area contributed by atoms with Gasteiger partial charge in [-0.25, -0.2) is 4.98 Å². The highest BCUT2D eigenvalue weighted by Gasteiger charge is 2.16. The number of nitrogens with zero attached hydrogens (tertiary/aromatic N) is 3. The summed E-state index contributed by atoms with van der Waals surface area (Å²) >= 11 is 0. The van der Waals surface area contributed by atoms with Gasteiger partial charge in [0.05, 0.1) is 11.9 Å². The number of hydrogen-bond acceptors (Lipinski definition) is 4. The van der Waals surface area contributed by atoms with Gasteiger partial charge in [0.15, 0.2) is 0 Å². The van der Waals surface area contributed by atoms with Gasteiger partial charge in [0.1, 0.15) is 6.26 Å². The molecule has 1 aliphatic rings. The summed E-state index contributed by atoms with van der Waals surface area (Å²) in [5.74, 6) is 0. The molecule has 0 amide bonds. The first-order valence-corrected chi connectivity index (χ1v) is 4.11. The molecule has 2 aromatic rings. The van der Waals surface area contributed by atoms with Gasteiger partial charge in [-0.1, -0.05) is 0 Å². The van der Waals surface area contributed by atoms with Gasteiger partial charge in [0, 0.05) is 24.8 Å². The second-order valence-electron chi connectivity index (χ2n) is 2.96. The van der Waals surface area contributed by atoms with Crippen molar-refractivity contribution in [1.29, 1.82) is 0 Å². The van der Waals surface area contributed by atoms with Crippen molar-refractivity contribution in [2.75, 3.05) is 0 Å². The maximum absolute atomic E-state index is 5.13. The predicted molar refractivity (Wildman–Crippen MR) is 44.2 cm³/mol. The molecule has 66 valence electrons. The smallest absolute Gasteiger partial charge is 0.322 e. The molecular formula is C8H8N4O. The first-order valence-electron chi connectivity index (χ1n) is 4.11. The number of rotatable bonds is 1. The molecule has 5 heteroatoms. The minimum atomic E-state index is 0.523. The van der Waals surface area contributed by atoms with E-state index in [9.17, 15) is 0 Å². The summed E-state index contributed by atoms with van der Waals surface area (Å²) < 4.78 is 6.80. The van der Waals surface area contributed by atoms with Crippen LogP contribution in [0.4, 0.5) is 0 Å². The standard InChI is InChI=1S/C8H8N4O/c1-2-13-8(10-1)12-5-6-3-9-4-7(6)11-12/h1-2,5,9H,3-4H2. The normalized spacial score (nSPS) is 14.8. The van der Waals surface area contributed by atoms with Crippen molar-refractivity contribution < 1.29 is 4.42 Å². The monoisotopic (exact) mass is 176 g/mol. The molecule has 0 saturated heterocycles. The van der Waals surface area contributed by atoms with Crippen molar-refractivity contribution in [2.24, 2.45) is 0 Å². The summed E-state index contributed by atoms with van der Waals surface area (Å²) in [5.41, 5.74) is 2.30. The van der Waals surface area contributed by atoms with Gasteiger partial charge in [-0.3, -0.25) is 0 Å². The second-order valence-corrected chi connectivity index (χ2v) is 2.96. The lowest BCUT2D eigenvalue weighted by Crippen LogP contribution is -2.05. The first kappa shape index (κ1) is 6.85. The maximum atomic E-state index is 5.13. The average Bonchev–Trinajstić information content (AvgIpc) is 2.78. The third-order valence-corrected chi connectivity index (χ3v) is 2.10. The Bertz CT molecular complexity index is 396. The number of oxazole rings is 1. The van der Waals surface area contributed by atoms with Crippen molar-refractivity contribution in [2.45, 2.75) is 13.1 Å². The zero-order chi connectivity index (χ0) is 8.67. The van der Waals surface area contributed by atoms with E-state index in [-0.39, 0.29) is 0 Å². The van der Waals surface area contributed by atoms with Crippen molar-refractivity contribution in [1.82, 2.24) is 20.1 Å². The van der Waals surface area contributed by atoms with Gasteiger partial charge in [0.2, 0.25) is 0 Å². The van der Waals surface area contributed by atoms with Crippen LogP contribution >= 0.6 is 0 Å². The van der Waals surface area contributed by atoms with Crippen LogP contribution in [0.2, 0.25) is 0 Å². The van der Waals surface area contributed by atoms with Gasteiger partial charge in [-0.2, -0.15) is 9.78 Å². The SMILES string of the molecule is c1coc(-n2cc3c(n2)CNC3)n1. The average molecular weight is 176 g/mol. The topological polar surface area (TPSA) is 55.9 Å². The van der Waals surface area contributed by atoms with Crippen LogP contribution in [0.1, 0.15) is 11.3 Å². The summed E-state index contributed by atoms with van der Waals surface area (Å²) in [5, 5.41) is 7.54. The number of hydrogen-bond donors (Lipinski definition) is 1. The number of aromatic nitrogens is 3. The molecule has 0 saturated carbocycles. The third kappa shape index (κ3) is 0.972. The quantitative estimate of drug-likeness (QED) is 0.686. The second kappa shape index (κ2) is 2.43. The van der Waals surface area contributed by atoms with Crippen LogP contribution in [0.15, 0.2) is 23.1 Å². The molecule has 5 nitrogen and oxygen atoms in total. The molecule has 0 radical (unpaired) electrons. The van der Waals surface area contributed by atoms with Gasteiger partial charge in [-0.15, -0.1) is 0 Å². The van der Waals surface area contributed by atoms with Gasteiger partial charge < -0.3 is 9.73 Å². The van der Waals surface area contributed by atoms with Crippen LogP contribution in [-0.2, 0) is 13.1 Å². The molecule has 3 rings (SSSR count). The summed E-state index contributed by atoms with van der Waals surface area (Å²) in [7, 11) is 0. The fourth-order valence-corrected chi connectivity index (χ4v) is 1.48. The molecule has 0 unspecified atom stereocenters. The molecule has 0 bridgehead atoms. The molecule has 0 atom stereocenters. The molecule has 0 aliphatic carbocycles. The van der Waals surface area contributed by atoms with Gasteiger partial charge in [0.25, 0.3) is 0 Å². The van der Waals surface area contributed by atoms with Crippen molar-refractivity contribution in [3.8, 4) is 6.01 Å². The lowest BCUT2D eigenvalue weighted by atomic mass is 10.3. The highest BCUT2D eigenvalue weighted by Crippen LogP contribution is 2.14. The molecule has 2 aromatic heterocycles. The Labute approximate surface area is 74.4 Å². The Morgan fingerprint density at radius 1 is 1.46 bits per heavy atom. The predicted octanol–water partition coefficient (Wildman–Crippen LogP) is 0.463. The molecule has 0 aromatic carbocycles. The van der Waals surface area contributed by atoms with E-state index in [1.165, 1.54) is 5.56 Å². The van der Waals surface area contributed by atoms with E-state index in [2.05, 4.69) is 15.4 Å². The van der Waals surface area contributed by atoms with E-state index in [1.807, 2.05) is 6.20 Å². The van der Waals surface area contributed by atoms with Gasteiger partial charge >= 0.3 is 6.01 Å². The Kier molecular flexibility index (Phi) is 1.28. The highest BCUT2D eigenvalue weighted by molar-refractivity contribution is 5.23. The van der Waals surface area contributed by atoms with Crippen molar-refractivity contribution in [3.63, 3.8) is 0 Å². The molecule has 1 aliphatic heterocycles. The fourth-order valence-electron chi connectivity index (χ4n) is 1.48. The Hall–Kier alpha value is -1.62. The van der Waals surface area contributed by atoms with Gasteiger partial charge in [-0.05, 0) is 0 Å². The summed E-state index contributed by atoms with van der Waals surface area (Å²) in [6, 6.07) is 0.523. The maximum Gasteiger partial charge on any atom is 0.322 e. The summed E-state index contributed by atoms with van der Waals surface area (Å²) in [4.78, 5) is 4.01. The van der Waals surface area contributed by atoms with E-state index in [1.54, 1.807) is 17.1 Å². The molecule has 0 fully saturated rings. The van der Waals surface area contributed by atoms with Crippen LogP contribution in [0, 0.1) is 0 Å². The van der Waals surface area contributed by atoms with Crippen LogP contribution < -0.4 is 5.32 Å². The summed E-state index contributed by atoms with van der Waals surface area (Å²) in [6.07, 6.45) is 5.10. The van der Waals surface area contributed by atoms with Crippen molar-refractivity contribution in [3.05, 3.63) is 29.9 Å². The molecule has 1 N–H and O–H groups in total. The van der Waals surface area contributed by atoms with E-state index >= 15 is 0 Å². The highest BCUT2D eigenvalue weighted by atomic mass is 16.4. The Balaban J connectivity index is 2.08. The Morgan fingerprint density at radius 2 is 2.46 bits per heavy atom. The number of fused-ring (bicyclic) bond motifs is 1. The number of nitrogens with one attached hydrogen (secondary N) is 1. The molecule has 0 spiro atoms. The summed E-state index contributed by atoms with van der Waals surface area (Å²) in [6.45, 7) is 1.72. The minimum absolute atomic E-state index is 0.523. The molecule has 13 heavy (non-hydrogen) atoms. The van der Waals surface area contributed by atoms with E-state index in [0.29, 0.717) is 6.01 Å². The lowest BCUT2D eigenvalue weighted by Gasteiger charge is -1.93. The van der Waals surface area contributed by atoms with Crippen LogP contribution in [0.3, 0.4) is 0 Å². The van der Waals surface area contributed by atoms with E-state index < -0.39 is 0 Å².